The van der Waals surface area contributed by atoms with E-state index in [4.69, 9.17) is 18.9 Å². The van der Waals surface area contributed by atoms with Crippen molar-refractivity contribution in [1.82, 2.24) is 0 Å². The highest BCUT2D eigenvalue weighted by Crippen LogP contribution is 2.18. The average Bonchev–Trinajstić information content (AvgIpc) is 3.30. The van der Waals surface area contributed by atoms with Crippen LogP contribution < -0.4 is 0 Å². The Morgan fingerprint density at radius 1 is 0.426 bits per heavy atom. The molecule has 0 fully saturated rings. The second kappa shape index (κ2) is 51.4. The molecule has 0 aliphatic carbocycles. The number of rotatable bonds is 55. The highest BCUT2D eigenvalue weighted by atomic mass is 16.7. The van der Waals surface area contributed by atoms with Gasteiger partial charge in [-0.25, -0.2) is 4.79 Å². The van der Waals surface area contributed by atoms with E-state index >= 15 is 0 Å². The number of ether oxygens (including phenoxy) is 4. The van der Waals surface area contributed by atoms with E-state index in [-0.39, 0.29) is 32.2 Å². The van der Waals surface area contributed by atoms with Crippen molar-refractivity contribution in [2.24, 2.45) is 0 Å². The summed E-state index contributed by atoms with van der Waals surface area (Å²) in [5.41, 5.74) is 0. The summed E-state index contributed by atoms with van der Waals surface area (Å²) in [4.78, 5) is 37.3. The lowest BCUT2D eigenvalue weighted by molar-refractivity contribution is -0.870. The second-order valence-corrected chi connectivity index (χ2v) is 21.3. The van der Waals surface area contributed by atoms with E-state index in [9.17, 15) is 19.5 Å². The monoisotopic (exact) mass is 965 g/mol. The summed E-state index contributed by atoms with van der Waals surface area (Å²) in [5, 5.41) is 9.68. The molecule has 0 rings (SSSR count). The number of carboxylic acids is 1. The number of esters is 2. The Labute approximate surface area is 421 Å². The van der Waals surface area contributed by atoms with Gasteiger partial charge in [0.1, 0.15) is 13.2 Å². The first-order valence-corrected chi connectivity index (χ1v) is 29.4. The summed E-state index contributed by atoms with van der Waals surface area (Å²) in [6, 6.07) is 0. The average molecular weight is 966 g/mol. The topological polar surface area (TPSA) is 108 Å². The fourth-order valence-electron chi connectivity index (χ4n) is 8.72. The fourth-order valence-corrected chi connectivity index (χ4v) is 8.72. The smallest absolute Gasteiger partial charge is 0.361 e. The molecule has 2 unspecified atom stereocenters. The first-order chi connectivity index (χ1) is 33.1. The molecule has 402 valence electrons. The summed E-state index contributed by atoms with van der Waals surface area (Å²) in [5.74, 6) is -1.99. The Morgan fingerprint density at radius 3 is 1.09 bits per heavy atom. The van der Waals surface area contributed by atoms with Crippen molar-refractivity contribution in [1.29, 1.82) is 0 Å². The van der Waals surface area contributed by atoms with Crippen LogP contribution in [-0.2, 0) is 33.3 Å². The van der Waals surface area contributed by atoms with Crippen LogP contribution >= 0.6 is 0 Å². The molecule has 0 aliphatic rings. The zero-order valence-corrected chi connectivity index (χ0v) is 45.8. The minimum atomic E-state index is -1.51. The number of carbonyl (C=O) groups excluding carboxylic acids is 2. The highest BCUT2D eigenvalue weighted by Gasteiger charge is 2.25. The van der Waals surface area contributed by atoms with Crippen molar-refractivity contribution in [3.63, 3.8) is 0 Å². The van der Waals surface area contributed by atoms with E-state index in [0.29, 0.717) is 23.9 Å². The van der Waals surface area contributed by atoms with Crippen molar-refractivity contribution < 1.29 is 42.9 Å². The standard InChI is InChI=1S/C59H113NO8/c1-6-8-10-12-14-16-18-20-22-23-24-25-26-27-28-29-30-31-32-33-34-36-37-39-41-43-45-47-49-56(61)66-53-55(54-67-59(58(63)64)65-52-51-60(3,4)5)68-57(62)50-48-46-44-42-40-38-35-21-19-17-15-13-11-9-7-2/h21,35,55,59H,6-20,22-34,36-54H2,1-5H3/p+1/b35-21-. The van der Waals surface area contributed by atoms with Gasteiger partial charge in [0.25, 0.3) is 6.29 Å². The molecule has 0 spiro atoms. The van der Waals surface area contributed by atoms with Gasteiger partial charge in [0, 0.05) is 12.8 Å². The Morgan fingerprint density at radius 2 is 0.750 bits per heavy atom. The predicted octanol–water partition coefficient (Wildman–Crippen LogP) is 17.0. The van der Waals surface area contributed by atoms with Crippen LogP contribution in [0.15, 0.2) is 12.2 Å². The molecule has 2 atom stereocenters. The molecule has 0 aromatic carbocycles. The minimum Gasteiger partial charge on any atom is -0.477 e. The molecule has 0 heterocycles. The SMILES string of the molecule is CCCCCCCC/C=C\CCCCCCCC(=O)OC(COC(=O)CCCCCCCCCCCCCCCCCCCCCCCCCCCCCC)COC(OCC[N+](C)(C)C)C(=O)O. The van der Waals surface area contributed by atoms with Gasteiger partial charge in [-0.1, -0.05) is 251 Å². The minimum absolute atomic E-state index is 0.179. The lowest BCUT2D eigenvalue weighted by atomic mass is 10.0. The summed E-state index contributed by atoms with van der Waals surface area (Å²) in [6.07, 6.45) is 55.9. The third-order valence-corrected chi connectivity index (χ3v) is 13.3. The van der Waals surface area contributed by atoms with Crippen LogP contribution in [0, 0.1) is 0 Å². The molecule has 9 heteroatoms. The van der Waals surface area contributed by atoms with E-state index in [1.807, 2.05) is 21.1 Å². The third-order valence-electron chi connectivity index (χ3n) is 13.3. The molecule has 1 N–H and O–H groups in total. The number of allylic oxidation sites excluding steroid dienone is 2. The molecule has 0 saturated heterocycles. The van der Waals surface area contributed by atoms with E-state index in [1.165, 1.54) is 205 Å². The van der Waals surface area contributed by atoms with Crippen molar-refractivity contribution in [3.05, 3.63) is 12.2 Å². The zero-order chi connectivity index (χ0) is 49.9. The van der Waals surface area contributed by atoms with Crippen LogP contribution in [0.1, 0.15) is 290 Å². The van der Waals surface area contributed by atoms with Gasteiger partial charge in [0.05, 0.1) is 34.4 Å². The van der Waals surface area contributed by atoms with Gasteiger partial charge in [0.15, 0.2) is 6.10 Å². The van der Waals surface area contributed by atoms with Gasteiger partial charge in [-0.3, -0.25) is 9.59 Å². The van der Waals surface area contributed by atoms with Crippen LogP contribution in [-0.4, -0.2) is 87.4 Å². The molecule has 0 bridgehead atoms. The maximum absolute atomic E-state index is 12.8. The molecule has 0 saturated carbocycles. The highest BCUT2D eigenvalue weighted by molar-refractivity contribution is 5.71. The van der Waals surface area contributed by atoms with Gasteiger partial charge in [-0.2, -0.15) is 0 Å². The summed E-state index contributed by atoms with van der Waals surface area (Å²) in [7, 11) is 5.97. The maximum Gasteiger partial charge on any atom is 0.361 e. The fraction of sp³-hybridized carbons (Fsp3) is 0.915. The summed E-state index contributed by atoms with van der Waals surface area (Å²) < 4.78 is 22.9. The van der Waals surface area contributed by atoms with Crippen LogP contribution in [0.2, 0.25) is 0 Å². The van der Waals surface area contributed by atoms with Gasteiger partial charge >= 0.3 is 17.9 Å². The summed E-state index contributed by atoms with van der Waals surface area (Å²) >= 11 is 0. The lowest BCUT2D eigenvalue weighted by Gasteiger charge is -2.25. The number of aliphatic carboxylic acids is 1. The van der Waals surface area contributed by atoms with Gasteiger partial charge in [-0.05, 0) is 38.5 Å². The van der Waals surface area contributed by atoms with E-state index in [2.05, 4.69) is 26.0 Å². The maximum atomic E-state index is 12.8. The number of nitrogens with zero attached hydrogens (tertiary/aromatic N) is 1. The molecule has 0 radical (unpaired) electrons. The largest absolute Gasteiger partial charge is 0.477 e. The Bertz CT molecular complexity index is 1120. The molecule has 0 amide bonds. The van der Waals surface area contributed by atoms with E-state index in [1.54, 1.807) is 0 Å². The Hall–Kier alpha value is -1.97. The van der Waals surface area contributed by atoms with Crippen molar-refractivity contribution in [2.45, 2.75) is 302 Å². The van der Waals surface area contributed by atoms with Crippen molar-refractivity contribution >= 4 is 17.9 Å². The second-order valence-electron chi connectivity index (χ2n) is 21.3. The number of quaternary nitrogens is 1. The first-order valence-electron chi connectivity index (χ1n) is 29.4. The number of hydrogen-bond acceptors (Lipinski definition) is 7. The number of likely N-dealkylation sites (N-methyl/N-ethyl adjacent to an activating group) is 1. The normalized spacial score (nSPS) is 12.8. The zero-order valence-electron chi connectivity index (χ0n) is 45.8. The quantitative estimate of drug-likeness (QED) is 0.0211. The number of hydrogen-bond donors (Lipinski definition) is 1. The molecular formula is C59H114NO8+. The Kier molecular flexibility index (Phi) is 49.9. The molecule has 9 nitrogen and oxygen atoms in total. The van der Waals surface area contributed by atoms with Gasteiger partial charge < -0.3 is 28.5 Å². The molecule has 0 aromatic rings. The van der Waals surface area contributed by atoms with E-state index in [0.717, 1.165) is 51.4 Å². The van der Waals surface area contributed by atoms with E-state index < -0.39 is 24.3 Å². The van der Waals surface area contributed by atoms with Crippen LogP contribution in [0.25, 0.3) is 0 Å². The molecule has 0 aliphatic heterocycles. The molecular weight excluding hydrogens is 851 g/mol. The molecule has 68 heavy (non-hydrogen) atoms. The van der Waals surface area contributed by atoms with Gasteiger partial charge in [-0.15, -0.1) is 0 Å². The van der Waals surface area contributed by atoms with Crippen LogP contribution in [0.3, 0.4) is 0 Å². The first kappa shape index (κ1) is 66.0. The predicted molar refractivity (Wildman–Crippen MR) is 286 cm³/mol. The lowest BCUT2D eigenvalue weighted by Crippen LogP contribution is -2.40. The molecule has 0 aromatic heterocycles. The third kappa shape index (κ3) is 51.9. The van der Waals surface area contributed by atoms with Crippen LogP contribution in [0.5, 0.6) is 0 Å². The van der Waals surface area contributed by atoms with Crippen molar-refractivity contribution in [2.75, 3.05) is 47.5 Å². The van der Waals surface area contributed by atoms with Crippen molar-refractivity contribution in [3.8, 4) is 0 Å². The number of carboxylic acid groups (broad SMARTS) is 1. The van der Waals surface area contributed by atoms with Crippen LogP contribution in [0.4, 0.5) is 0 Å². The number of unbranched alkanes of at least 4 members (excludes halogenated alkanes) is 38. The van der Waals surface area contributed by atoms with Gasteiger partial charge in [0.2, 0.25) is 0 Å². The number of carbonyl (C=O) groups is 3. The summed E-state index contributed by atoms with van der Waals surface area (Å²) in [6.45, 7) is 4.91. The Balaban J connectivity index is 4.10.